The zero-order chi connectivity index (χ0) is 23.5. The van der Waals surface area contributed by atoms with Gasteiger partial charge in [-0.2, -0.15) is 5.26 Å². The van der Waals surface area contributed by atoms with Crippen molar-refractivity contribution in [1.29, 1.82) is 5.26 Å². The van der Waals surface area contributed by atoms with Gasteiger partial charge in [-0.1, -0.05) is 62.4 Å². The highest BCUT2D eigenvalue weighted by atomic mass is 16.5. The number of nitriles is 1. The molecule has 2 atom stereocenters. The lowest BCUT2D eigenvalue weighted by Crippen LogP contribution is -2.58. The summed E-state index contributed by atoms with van der Waals surface area (Å²) >= 11 is 0. The van der Waals surface area contributed by atoms with Crippen LogP contribution in [-0.2, 0) is 20.9 Å². The average Bonchev–Trinajstić information content (AvgIpc) is 2.85. The second kappa shape index (κ2) is 12.6. The van der Waals surface area contributed by atoms with E-state index in [1.54, 1.807) is 11.8 Å². The third-order valence-electron chi connectivity index (χ3n) is 6.35. The van der Waals surface area contributed by atoms with Gasteiger partial charge in [-0.15, -0.1) is 0 Å². The largest absolute Gasteiger partial charge is 0.378 e. The Morgan fingerprint density at radius 2 is 1.91 bits per heavy atom. The SMILES string of the molecule is CC(C#N)(COCc1ccccc1)NC(=O)[C@H](CC1CCCCC1)NC(=O)N1CCOCC1. The lowest BCUT2D eigenvalue weighted by molar-refractivity contribution is -0.125. The molecule has 0 spiro atoms. The van der Waals surface area contributed by atoms with E-state index in [4.69, 9.17) is 9.47 Å². The summed E-state index contributed by atoms with van der Waals surface area (Å²) in [5.74, 6) is 0.0525. The number of carbonyl (C=O) groups is 2. The van der Waals surface area contributed by atoms with Gasteiger partial charge in [-0.05, 0) is 24.8 Å². The standard InChI is InChI=1S/C25H36N4O4/c1-25(18-26,19-33-17-21-10-6-3-7-11-21)28-23(30)22(16-20-8-4-2-5-9-20)27-24(31)29-12-14-32-15-13-29/h3,6-7,10-11,20,22H,2,4-5,8-9,12-17,19H2,1H3,(H,27,31)(H,28,30)/t22-,25?/m0/s1. The zero-order valence-electron chi connectivity index (χ0n) is 19.6. The van der Waals surface area contributed by atoms with Gasteiger partial charge in [-0.3, -0.25) is 4.79 Å². The van der Waals surface area contributed by atoms with Crippen LogP contribution in [0.25, 0.3) is 0 Å². The van der Waals surface area contributed by atoms with Gasteiger partial charge in [-0.25, -0.2) is 4.79 Å². The highest BCUT2D eigenvalue weighted by Gasteiger charge is 2.33. The van der Waals surface area contributed by atoms with Crippen molar-refractivity contribution in [3.8, 4) is 6.07 Å². The predicted octanol–water partition coefficient (Wildman–Crippen LogP) is 2.98. The molecule has 3 amide bonds. The Morgan fingerprint density at radius 3 is 2.58 bits per heavy atom. The summed E-state index contributed by atoms with van der Waals surface area (Å²) in [6.07, 6.45) is 6.23. The minimum Gasteiger partial charge on any atom is -0.378 e. The second-order valence-corrected chi connectivity index (χ2v) is 9.25. The molecule has 2 fully saturated rings. The van der Waals surface area contributed by atoms with E-state index in [2.05, 4.69) is 16.7 Å². The van der Waals surface area contributed by atoms with E-state index < -0.39 is 11.6 Å². The van der Waals surface area contributed by atoms with E-state index in [0.29, 0.717) is 45.2 Å². The molecule has 1 unspecified atom stereocenters. The van der Waals surface area contributed by atoms with Gasteiger partial charge in [0.2, 0.25) is 5.91 Å². The van der Waals surface area contributed by atoms with Crippen LogP contribution in [0.3, 0.4) is 0 Å². The van der Waals surface area contributed by atoms with E-state index in [1.807, 2.05) is 30.3 Å². The number of morpholine rings is 1. The fourth-order valence-corrected chi connectivity index (χ4v) is 4.40. The summed E-state index contributed by atoms with van der Waals surface area (Å²) in [4.78, 5) is 27.8. The molecular weight excluding hydrogens is 420 g/mol. The number of urea groups is 1. The van der Waals surface area contributed by atoms with Crippen molar-refractivity contribution in [2.24, 2.45) is 5.92 Å². The summed E-state index contributed by atoms with van der Waals surface area (Å²) in [6, 6.07) is 10.9. The smallest absolute Gasteiger partial charge is 0.318 e. The molecule has 2 N–H and O–H groups in total. The van der Waals surface area contributed by atoms with Crippen molar-refractivity contribution in [1.82, 2.24) is 15.5 Å². The van der Waals surface area contributed by atoms with Crippen molar-refractivity contribution in [3.63, 3.8) is 0 Å². The number of nitrogens with zero attached hydrogens (tertiary/aromatic N) is 2. The number of rotatable bonds is 9. The maximum atomic E-state index is 13.3. The maximum absolute atomic E-state index is 13.3. The first kappa shape index (κ1) is 25.0. The van der Waals surface area contributed by atoms with Crippen LogP contribution >= 0.6 is 0 Å². The van der Waals surface area contributed by atoms with E-state index in [0.717, 1.165) is 31.2 Å². The van der Waals surface area contributed by atoms with Gasteiger partial charge in [0.1, 0.15) is 11.6 Å². The van der Waals surface area contributed by atoms with Crippen molar-refractivity contribution in [3.05, 3.63) is 35.9 Å². The van der Waals surface area contributed by atoms with Gasteiger partial charge in [0.25, 0.3) is 0 Å². The maximum Gasteiger partial charge on any atom is 0.318 e. The average molecular weight is 457 g/mol. The lowest BCUT2D eigenvalue weighted by Gasteiger charge is -2.32. The Morgan fingerprint density at radius 1 is 1.21 bits per heavy atom. The van der Waals surface area contributed by atoms with Crippen LogP contribution in [0.5, 0.6) is 0 Å². The molecule has 0 radical (unpaired) electrons. The summed E-state index contributed by atoms with van der Waals surface area (Å²) in [7, 11) is 0. The Labute approximate surface area is 196 Å². The molecule has 1 saturated heterocycles. The predicted molar refractivity (Wildman–Crippen MR) is 124 cm³/mol. The van der Waals surface area contributed by atoms with E-state index in [-0.39, 0.29) is 18.5 Å². The molecule has 3 rings (SSSR count). The molecular formula is C25H36N4O4. The monoisotopic (exact) mass is 456 g/mol. The Hall–Kier alpha value is -2.63. The highest BCUT2D eigenvalue weighted by molar-refractivity contribution is 5.87. The topological polar surface area (TPSA) is 104 Å². The Kier molecular flexibility index (Phi) is 9.52. The van der Waals surface area contributed by atoms with Crippen LogP contribution in [0.2, 0.25) is 0 Å². The first-order valence-corrected chi connectivity index (χ1v) is 12.0. The molecule has 8 nitrogen and oxygen atoms in total. The number of hydrogen-bond donors (Lipinski definition) is 2. The van der Waals surface area contributed by atoms with Crippen molar-refractivity contribution in [2.45, 2.75) is 63.6 Å². The number of ether oxygens (including phenoxy) is 2. The zero-order valence-corrected chi connectivity index (χ0v) is 19.6. The van der Waals surface area contributed by atoms with Crippen molar-refractivity contribution >= 4 is 11.9 Å². The van der Waals surface area contributed by atoms with Crippen LogP contribution in [0.15, 0.2) is 30.3 Å². The summed E-state index contributed by atoms with van der Waals surface area (Å²) < 4.78 is 11.1. The van der Waals surface area contributed by atoms with E-state index >= 15 is 0 Å². The van der Waals surface area contributed by atoms with Crippen LogP contribution in [0.1, 0.15) is 51.0 Å². The molecule has 1 aliphatic carbocycles. The van der Waals surface area contributed by atoms with Gasteiger partial charge >= 0.3 is 6.03 Å². The van der Waals surface area contributed by atoms with E-state index in [1.165, 1.54) is 6.42 Å². The number of benzene rings is 1. The molecule has 1 heterocycles. The number of amides is 3. The molecule has 2 aliphatic rings. The number of carbonyl (C=O) groups excluding carboxylic acids is 2. The minimum absolute atomic E-state index is 0.0533. The first-order valence-electron chi connectivity index (χ1n) is 12.0. The third kappa shape index (κ3) is 8.02. The van der Waals surface area contributed by atoms with Crippen molar-refractivity contribution < 1.29 is 19.1 Å². The normalized spacial score (nSPS) is 19.7. The van der Waals surface area contributed by atoms with Crippen LogP contribution in [0, 0.1) is 17.2 Å². The minimum atomic E-state index is -1.19. The van der Waals surface area contributed by atoms with Gasteiger partial charge in [0, 0.05) is 13.1 Å². The highest BCUT2D eigenvalue weighted by Crippen LogP contribution is 2.27. The number of hydrogen-bond acceptors (Lipinski definition) is 5. The molecule has 33 heavy (non-hydrogen) atoms. The summed E-state index contributed by atoms with van der Waals surface area (Å²) in [6.45, 7) is 4.07. The van der Waals surface area contributed by atoms with Gasteiger partial charge in [0.15, 0.2) is 0 Å². The molecule has 180 valence electrons. The number of nitrogens with one attached hydrogen (secondary N) is 2. The third-order valence-corrected chi connectivity index (χ3v) is 6.35. The quantitative estimate of drug-likeness (QED) is 0.595. The Bertz CT molecular complexity index is 800. The molecule has 1 saturated carbocycles. The molecule has 0 bridgehead atoms. The van der Waals surface area contributed by atoms with Crippen LogP contribution < -0.4 is 10.6 Å². The molecule has 8 heteroatoms. The fourth-order valence-electron chi connectivity index (χ4n) is 4.40. The van der Waals surface area contributed by atoms with Crippen LogP contribution in [-0.4, -0.2) is 61.3 Å². The molecule has 1 aliphatic heterocycles. The van der Waals surface area contributed by atoms with Crippen molar-refractivity contribution in [2.75, 3.05) is 32.9 Å². The van der Waals surface area contributed by atoms with Crippen LogP contribution in [0.4, 0.5) is 4.79 Å². The van der Waals surface area contributed by atoms with E-state index in [9.17, 15) is 14.9 Å². The van der Waals surface area contributed by atoms with Gasteiger partial charge in [0.05, 0.1) is 32.5 Å². The molecule has 0 aromatic heterocycles. The lowest BCUT2D eigenvalue weighted by atomic mass is 9.84. The summed E-state index contributed by atoms with van der Waals surface area (Å²) in [5.41, 5.74) is -0.197. The fraction of sp³-hybridized carbons (Fsp3) is 0.640. The van der Waals surface area contributed by atoms with Gasteiger partial charge < -0.3 is 25.0 Å². The second-order valence-electron chi connectivity index (χ2n) is 9.25. The Balaban J connectivity index is 1.60. The molecule has 1 aromatic rings. The molecule has 1 aromatic carbocycles. The summed E-state index contributed by atoms with van der Waals surface area (Å²) in [5, 5.41) is 15.5. The first-order chi connectivity index (χ1) is 16.0.